The van der Waals surface area contributed by atoms with E-state index < -0.39 is 18.4 Å². The third kappa shape index (κ3) is 4.97. The van der Waals surface area contributed by atoms with Gasteiger partial charge in [0, 0.05) is 14.1 Å². The highest BCUT2D eigenvalue weighted by Crippen LogP contribution is 2.16. The van der Waals surface area contributed by atoms with Gasteiger partial charge in [-0.2, -0.15) is 0 Å². The van der Waals surface area contributed by atoms with E-state index in [0.717, 1.165) is 5.56 Å². The van der Waals surface area contributed by atoms with Gasteiger partial charge in [-0.05, 0) is 12.5 Å². The van der Waals surface area contributed by atoms with Gasteiger partial charge in [0.2, 0.25) is 0 Å². The number of rotatable bonds is 5. The molecular weight excluding hydrogens is 234 g/mol. The Kier molecular flexibility index (Phi) is 5.32. The molecule has 0 fully saturated rings. The minimum Gasteiger partial charge on any atom is -0.457 e. The summed E-state index contributed by atoms with van der Waals surface area (Å²) < 4.78 is 5.13. The molecule has 0 saturated heterocycles. The summed E-state index contributed by atoms with van der Waals surface area (Å²) in [5.74, 6) is -1.23. The molecule has 0 spiro atoms. The number of carbonyl (C=O) groups is 2. The highest BCUT2D eigenvalue weighted by Gasteiger charge is 2.16. The predicted molar refractivity (Wildman–Crippen MR) is 65.3 cm³/mol. The van der Waals surface area contributed by atoms with E-state index in [1.165, 1.54) is 5.06 Å². The van der Waals surface area contributed by atoms with Crippen molar-refractivity contribution in [1.29, 1.82) is 0 Å². The number of hydrogen-bond acceptors (Lipinski definition) is 5. The van der Waals surface area contributed by atoms with Crippen LogP contribution in [0.2, 0.25) is 0 Å². The average Bonchev–Trinajstić information content (AvgIpc) is 2.28. The molecule has 0 aromatic heterocycles. The van der Waals surface area contributed by atoms with Crippen LogP contribution in [0.3, 0.4) is 0 Å². The lowest BCUT2D eigenvalue weighted by Crippen LogP contribution is -2.22. The van der Waals surface area contributed by atoms with Gasteiger partial charge in [0.05, 0.1) is 0 Å². The summed E-state index contributed by atoms with van der Waals surface area (Å²) in [5, 5.41) is 1.23. The number of carbonyl (C=O) groups excluding carboxylic acids is 2. The molecule has 0 aliphatic carbocycles. The first-order chi connectivity index (χ1) is 8.49. The fourth-order valence-corrected chi connectivity index (χ4v) is 1.38. The molecule has 0 amide bonds. The SMILES string of the molecule is CC(OC(=O)CC(=O)ON(C)C)c1ccccc1. The Morgan fingerprint density at radius 3 is 2.33 bits per heavy atom. The minimum atomic E-state index is -0.634. The molecule has 5 heteroatoms. The molecule has 1 aromatic rings. The molecule has 1 atom stereocenters. The lowest BCUT2D eigenvalue weighted by molar-refractivity contribution is -0.181. The summed E-state index contributed by atoms with van der Waals surface area (Å²) in [7, 11) is 3.13. The van der Waals surface area contributed by atoms with Crippen molar-refractivity contribution in [1.82, 2.24) is 5.06 Å². The smallest absolute Gasteiger partial charge is 0.336 e. The Bertz CT molecular complexity index is 403. The highest BCUT2D eigenvalue weighted by molar-refractivity contribution is 5.91. The Labute approximate surface area is 106 Å². The van der Waals surface area contributed by atoms with Gasteiger partial charge in [-0.15, -0.1) is 5.06 Å². The summed E-state index contributed by atoms with van der Waals surface area (Å²) >= 11 is 0. The van der Waals surface area contributed by atoms with E-state index in [9.17, 15) is 9.59 Å². The van der Waals surface area contributed by atoms with Crippen LogP contribution in [-0.2, 0) is 19.2 Å². The van der Waals surface area contributed by atoms with Gasteiger partial charge in [-0.3, -0.25) is 4.79 Å². The highest BCUT2D eigenvalue weighted by atomic mass is 16.7. The minimum absolute atomic E-state index is 0.383. The van der Waals surface area contributed by atoms with Crippen LogP contribution < -0.4 is 0 Å². The number of ether oxygens (including phenoxy) is 1. The van der Waals surface area contributed by atoms with E-state index in [4.69, 9.17) is 9.57 Å². The van der Waals surface area contributed by atoms with Crippen LogP contribution in [0.25, 0.3) is 0 Å². The first kappa shape index (κ1) is 14.2. The zero-order chi connectivity index (χ0) is 13.5. The number of hydroxylamine groups is 2. The zero-order valence-electron chi connectivity index (χ0n) is 10.8. The molecule has 0 N–H and O–H groups in total. The number of benzene rings is 1. The van der Waals surface area contributed by atoms with Crippen molar-refractivity contribution >= 4 is 11.9 Å². The van der Waals surface area contributed by atoms with Gasteiger partial charge in [0.25, 0.3) is 0 Å². The summed E-state index contributed by atoms with van der Waals surface area (Å²) in [5.41, 5.74) is 0.881. The molecule has 0 radical (unpaired) electrons. The van der Waals surface area contributed by atoms with E-state index in [-0.39, 0.29) is 6.10 Å². The zero-order valence-corrected chi connectivity index (χ0v) is 10.8. The first-order valence-electron chi connectivity index (χ1n) is 5.61. The molecule has 1 rings (SSSR count). The maximum atomic E-state index is 11.5. The van der Waals surface area contributed by atoms with Gasteiger partial charge in [0.1, 0.15) is 12.5 Å². The third-order valence-corrected chi connectivity index (χ3v) is 2.15. The van der Waals surface area contributed by atoms with Crippen molar-refractivity contribution in [3.63, 3.8) is 0 Å². The second-order valence-electron chi connectivity index (χ2n) is 4.00. The van der Waals surface area contributed by atoms with Crippen molar-refractivity contribution < 1.29 is 19.2 Å². The molecule has 0 heterocycles. The van der Waals surface area contributed by atoms with Crippen molar-refractivity contribution in [2.24, 2.45) is 0 Å². The quantitative estimate of drug-likeness (QED) is 0.453. The molecule has 0 aliphatic heterocycles. The summed E-state index contributed by atoms with van der Waals surface area (Å²) in [6, 6.07) is 9.32. The van der Waals surface area contributed by atoms with E-state index in [0.29, 0.717) is 0 Å². The lowest BCUT2D eigenvalue weighted by atomic mass is 10.1. The number of hydrogen-bond donors (Lipinski definition) is 0. The van der Waals surface area contributed by atoms with E-state index in [1.54, 1.807) is 21.0 Å². The van der Waals surface area contributed by atoms with Gasteiger partial charge in [-0.1, -0.05) is 30.3 Å². The molecule has 1 unspecified atom stereocenters. The molecule has 18 heavy (non-hydrogen) atoms. The molecular formula is C13H17NO4. The topological polar surface area (TPSA) is 55.8 Å². The van der Waals surface area contributed by atoms with E-state index in [2.05, 4.69) is 0 Å². The van der Waals surface area contributed by atoms with E-state index >= 15 is 0 Å². The second-order valence-corrected chi connectivity index (χ2v) is 4.00. The normalized spacial score (nSPS) is 12.0. The summed E-state index contributed by atoms with van der Waals surface area (Å²) in [6.07, 6.45) is -0.777. The number of esters is 1. The molecule has 0 aliphatic rings. The molecule has 0 saturated carbocycles. The fraction of sp³-hybridized carbons (Fsp3) is 0.385. The third-order valence-electron chi connectivity index (χ3n) is 2.15. The predicted octanol–water partition coefficient (Wildman–Crippen LogP) is 1.70. The Balaban J connectivity index is 2.43. The van der Waals surface area contributed by atoms with Crippen LogP contribution in [0.5, 0.6) is 0 Å². The van der Waals surface area contributed by atoms with Crippen molar-refractivity contribution in [2.75, 3.05) is 14.1 Å². The van der Waals surface area contributed by atoms with E-state index in [1.807, 2.05) is 30.3 Å². The summed E-state index contributed by atoms with van der Waals surface area (Å²) in [4.78, 5) is 27.4. The van der Waals surface area contributed by atoms with Crippen LogP contribution >= 0.6 is 0 Å². The van der Waals surface area contributed by atoms with Crippen LogP contribution in [0.4, 0.5) is 0 Å². The van der Waals surface area contributed by atoms with Crippen LogP contribution in [0.1, 0.15) is 25.0 Å². The second kappa shape index (κ2) is 6.76. The standard InChI is InChI=1S/C13H17NO4/c1-10(11-7-5-4-6-8-11)17-12(15)9-13(16)18-14(2)3/h4-8,10H,9H2,1-3H3. The van der Waals surface area contributed by atoms with Crippen molar-refractivity contribution in [2.45, 2.75) is 19.4 Å². The largest absolute Gasteiger partial charge is 0.457 e. The van der Waals surface area contributed by atoms with Gasteiger partial charge >= 0.3 is 11.9 Å². The molecule has 1 aromatic carbocycles. The Hall–Kier alpha value is -1.88. The molecule has 98 valence electrons. The molecule has 0 bridgehead atoms. The lowest BCUT2D eigenvalue weighted by Gasteiger charge is -2.14. The van der Waals surface area contributed by atoms with Crippen LogP contribution in [-0.4, -0.2) is 31.1 Å². The fourth-order valence-electron chi connectivity index (χ4n) is 1.38. The Morgan fingerprint density at radius 2 is 1.78 bits per heavy atom. The van der Waals surface area contributed by atoms with Crippen LogP contribution in [0, 0.1) is 0 Å². The Morgan fingerprint density at radius 1 is 1.17 bits per heavy atom. The maximum absolute atomic E-state index is 11.5. The number of nitrogens with zero attached hydrogens (tertiary/aromatic N) is 1. The average molecular weight is 251 g/mol. The van der Waals surface area contributed by atoms with Gasteiger partial charge in [-0.25, -0.2) is 4.79 Å². The summed E-state index contributed by atoms with van der Waals surface area (Å²) in [6.45, 7) is 1.75. The van der Waals surface area contributed by atoms with Gasteiger partial charge < -0.3 is 9.57 Å². The molecule has 5 nitrogen and oxygen atoms in total. The van der Waals surface area contributed by atoms with Crippen LogP contribution in [0.15, 0.2) is 30.3 Å². The maximum Gasteiger partial charge on any atom is 0.336 e. The van der Waals surface area contributed by atoms with Crippen molar-refractivity contribution in [3.05, 3.63) is 35.9 Å². The monoisotopic (exact) mass is 251 g/mol. The van der Waals surface area contributed by atoms with Crippen molar-refractivity contribution in [3.8, 4) is 0 Å². The van der Waals surface area contributed by atoms with Gasteiger partial charge in [0.15, 0.2) is 0 Å². The first-order valence-corrected chi connectivity index (χ1v) is 5.61.